The number of hydrogen-bond acceptors (Lipinski definition) is 3. The summed E-state index contributed by atoms with van der Waals surface area (Å²) in [5, 5.41) is 9.09. The lowest BCUT2D eigenvalue weighted by Gasteiger charge is -2.27. The minimum Gasteiger partial charge on any atom is -0.481 e. The maximum absolute atomic E-state index is 11.9. The van der Waals surface area contributed by atoms with Crippen molar-refractivity contribution in [2.24, 2.45) is 17.1 Å². The molecule has 1 fully saturated rings. The van der Waals surface area contributed by atoms with Gasteiger partial charge in [0.25, 0.3) is 0 Å². The maximum Gasteiger partial charge on any atom is 0.411 e. The Morgan fingerprint density at radius 1 is 1.35 bits per heavy atom. The van der Waals surface area contributed by atoms with Crippen LogP contribution in [0.4, 0.5) is 13.2 Å². The highest BCUT2D eigenvalue weighted by Gasteiger charge is 2.43. The molecule has 0 spiro atoms. The molecule has 7 heteroatoms. The van der Waals surface area contributed by atoms with Crippen LogP contribution in [0.2, 0.25) is 0 Å². The fraction of sp³-hybridized carbons (Fsp3) is 0.900. The summed E-state index contributed by atoms with van der Waals surface area (Å²) in [5.74, 6) is -0.932. The number of alkyl halides is 3. The van der Waals surface area contributed by atoms with Crippen molar-refractivity contribution in [3.8, 4) is 0 Å². The van der Waals surface area contributed by atoms with E-state index in [1.807, 2.05) is 0 Å². The summed E-state index contributed by atoms with van der Waals surface area (Å²) in [6.45, 7) is -2.14. The van der Waals surface area contributed by atoms with Crippen molar-refractivity contribution in [3.05, 3.63) is 0 Å². The predicted molar refractivity (Wildman–Crippen MR) is 53.3 cm³/mol. The summed E-state index contributed by atoms with van der Waals surface area (Å²) < 4.78 is 40.2. The van der Waals surface area contributed by atoms with E-state index in [-0.39, 0.29) is 18.9 Å². The Kier molecular flexibility index (Phi) is 4.37. The Morgan fingerprint density at radius 2 is 1.94 bits per heavy atom. The van der Waals surface area contributed by atoms with Crippen molar-refractivity contribution in [3.63, 3.8) is 0 Å². The molecule has 0 aromatic rings. The standard InChI is InChI=1S/C10H16F3NO3/c11-10(12,13)6-17-5-9(4-14,8(15)16)3-7-1-2-7/h7H,1-6,14H2,(H,15,16). The van der Waals surface area contributed by atoms with Crippen molar-refractivity contribution >= 4 is 5.97 Å². The van der Waals surface area contributed by atoms with E-state index in [0.29, 0.717) is 0 Å². The van der Waals surface area contributed by atoms with Crippen molar-refractivity contribution in [2.45, 2.75) is 25.4 Å². The fourth-order valence-corrected chi connectivity index (χ4v) is 1.67. The highest BCUT2D eigenvalue weighted by molar-refractivity contribution is 5.75. The fourth-order valence-electron chi connectivity index (χ4n) is 1.67. The van der Waals surface area contributed by atoms with Gasteiger partial charge in [-0.2, -0.15) is 13.2 Å². The second kappa shape index (κ2) is 5.22. The Balaban J connectivity index is 2.52. The Labute approximate surface area is 96.9 Å². The summed E-state index contributed by atoms with van der Waals surface area (Å²) in [5.41, 5.74) is 4.01. The number of halogens is 3. The van der Waals surface area contributed by atoms with E-state index in [1.54, 1.807) is 0 Å². The van der Waals surface area contributed by atoms with Gasteiger partial charge in [0, 0.05) is 6.54 Å². The monoisotopic (exact) mass is 255 g/mol. The molecule has 17 heavy (non-hydrogen) atoms. The molecule has 0 heterocycles. The van der Waals surface area contributed by atoms with Crippen molar-refractivity contribution in [1.29, 1.82) is 0 Å². The highest BCUT2D eigenvalue weighted by atomic mass is 19.4. The molecule has 3 N–H and O–H groups in total. The molecule has 4 nitrogen and oxygen atoms in total. The third-order valence-corrected chi connectivity index (χ3v) is 2.86. The van der Waals surface area contributed by atoms with Crippen LogP contribution in [-0.4, -0.2) is 37.0 Å². The summed E-state index contributed by atoms with van der Waals surface area (Å²) in [7, 11) is 0. The van der Waals surface area contributed by atoms with E-state index in [9.17, 15) is 18.0 Å². The summed E-state index contributed by atoms with van der Waals surface area (Å²) in [6.07, 6.45) is -2.34. The number of ether oxygens (including phenoxy) is 1. The zero-order valence-electron chi connectivity index (χ0n) is 9.29. The van der Waals surface area contributed by atoms with Crippen LogP contribution >= 0.6 is 0 Å². The molecular formula is C10H16F3NO3. The van der Waals surface area contributed by atoms with Gasteiger partial charge >= 0.3 is 12.1 Å². The van der Waals surface area contributed by atoms with E-state index >= 15 is 0 Å². The molecule has 1 atom stereocenters. The quantitative estimate of drug-likeness (QED) is 0.721. The van der Waals surface area contributed by atoms with Crippen LogP contribution in [0.25, 0.3) is 0 Å². The van der Waals surface area contributed by atoms with Crippen molar-refractivity contribution in [1.82, 2.24) is 0 Å². The average molecular weight is 255 g/mol. The van der Waals surface area contributed by atoms with E-state index in [2.05, 4.69) is 4.74 Å². The summed E-state index contributed by atoms with van der Waals surface area (Å²) in [4.78, 5) is 11.1. The van der Waals surface area contributed by atoms with Gasteiger partial charge in [0.05, 0.1) is 6.61 Å². The number of carboxylic acid groups (broad SMARTS) is 1. The number of hydrogen-bond donors (Lipinski definition) is 2. The average Bonchev–Trinajstić information content (AvgIpc) is 2.97. The van der Waals surface area contributed by atoms with Gasteiger partial charge in [0.1, 0.15) is 12.0 Å². The molecule has 0 saturated heterocycles. The molecule has 1 rings (SSSR count). The minimum absolute atomic E-state index is 0.212. The summed E-state index contributed by atoms with van der Waals surface area (Å²) in [6, 6.07) is 0. The SMILES string of the molecule is NCC(COCC(F)(F)F)(CC1CC1)C(=O)O. The second-order valence-corrected chi connectivity index (χ2v) is 4.55. The van der Waals surface area contributed by atoms with Gasteiger partial charge in [-0.25, -0.2) is 0 Å². The number of nitrogens with two attached hydrogens (primary N) is 1. The predicted octanol–water partition coefficient (Wildman–Crippen LogP) is 1.40. The van der Waals surface area contributed by atoms with Crippen molar-refractivity contribution < 1.29 is 27.8 Å². The number of carbonyl (C=O) groups is 1. The first-order valence-electron chi connectivity index (χ1n) is 5.37. The lowest BCUT2D eigenvalue weighted by molar-refractivity contribution is -0.186. The van der Waals surface area contributed by atoms with E-state index in [1.165, 1.54) is 0 Å². The third-order valence-electron chi connectivity index (χ3n) is 2.86. The second-order valence-electron chi connectivity index (χ2n) is 4.55. The van der Waals surface area contributed by atoms with Crippen LogP contribution in [0.3, 0.4) is 0 Å². The van der Waals surface area contributed by atoms with E-state index in [0.717, 1.165) is 12.8 Å². The van der Waals surface area contributed by atoms with E-state index < -0.39 is 30.8 Å². The third kappa shape index (κ3) is 4.51. The van der Waals surface area contributed by atoms with Crippen LogP contribution in [0.1, 0.15) is 19.3 Å². The Hall–Kier alpha value is -0.820. The smallest absolute Gasteiger partial charge is 0.411 e. The summed E-state index contributed by atoms with van der Waals surface area (Å²) >= 11 is 0. The first-order valence-corrected chi connectivity index (χ1v) is 5.37. The largest absolute Gasteiger partial charge is 0.481 e. The molecule has 1 unspecified atom stereocenters. The van der Waals surface area contributed by atoms with Gasteiger partial charge in [0.2, 0.25) is 0 Å². The number of aliphatic carboxylic acids is 1. The maximum atomic E-state index is 11.9. The van der Waals surface area contributed by atoms with Crippen LogP contribution in [0.15, 0.2) is 0 Å². The highest BCUT2D eigenvalue weighted by Crippen LogP contribution is 2.40. The number of rotatable bonds is 7. The lowest BCUT2D eigenvalue weighted by Crippen LogP contribution is -2.44. The van der Waals surface area contributed by atoms with E-state index in [4.69, 9.17) is 10.8 Å². The molecule has 0 aromatic carbocycles. The van der Waals surface area contributed by atoms with Gasteiger partial charge < -0.3 is 15.6 Å². The molecule has 100 valence electrons. The molecule has 0 aliphatic heterocycles. The molecular weight excluding hydrogens is 239 g/mol. The number of carboxylic acids is 1. The zero-order valence-corrected chi connectivity index (χ0v) is 9.29. The first kappa shape index (κ1) is 14.2. The molecule has 0 bridgehead atoms. The molecule has 0 aromatic heterocycles. The van der Waals surface area contributed by atoms with Gasteiger partial charge in [-0.3, -0.25) is 4.79 Å². The van der Waals surface area contributed by atoms with Crippen LogP contribution in [0, 0.1) is 11.3 Å². The normalized spacial score (nSPS) is 20.0. The van der Waals surface area contributed by atoms with Gasteiger partial charge in [-0.15, -0.1) is 0 Å². The van der Waals surface area contributed by atoms with Gasteiger partial charge in [-0.05, 0) is 12.3 Å². The minimum atomic E-state index is -4.45. The van der Waals surface area contributed by atoms with Crippen molar-refractivity contribution in [2.75, 3.05) is 19.8 Å². The lowest BCUT2D eigenvalue weighted by atomic mass is 9.83. The van der Waals surface area contributed by atoms with Crippen LogP contribution in [0.5, 0.6) is 0 Å². The van der Waals surface area contributed by atoms with Crippen LogP contribution < -0.4 is 5.73 Å². The first-order chi connectivity index (χ1) is 7.79. The zero-order chi connectivity index (χ0) is 13.1. The van der Waals surface area contributed by atoms with Gasteiger partial charge in [-0.1, -0.05) is 12.8 Å². The Morgan fingerprint density at radius 3 is 2.29 bits per heavy atom. The topological polar surface area (TPSA) is 72.5 Å². The van der Waals surface area contributed by atoms with Gasteiger partial charge in [0.15, 0.2) is 0 Å². The van der Waals surface area contributed by atoms with Crippen LogP contribution in [-0.2, 0) is 9.53 Å². The Bertz CT molecular complexity index is 278. The molecule has 0 radical (unpaired) electrons. The molecule has 1 saturated carbocycles. The molecule has 1 aliphatic carbocycles. The molecule has 1 aliphatic rings. The molecule has 0 amide bonds.